The number of aliphatic carboxylic acids is 1. The molecule has 6 atom stereocenters. The average Bonchev–Trinajstić information content (AvgIpc) is 3.63. The van der Waals surface area contributed by atoms with E-state index in [2.05, 4.69) is 34.1 Å². The van der Waals surface area contributed by atoms with Crippen molar-refractivity contribution in [3.05, 3.63) is 24.3 Å². The summed E-state index contributed by atoms with van der Waals surface area (Å²) in [7, 11) is 0. The van der Waals surface area contributed by atoms with Crippen LogP contribution in [0.4, 0.5) is 5.82 Å². The van der Waals surface area contributed by atoms with Crippen LogP contribution in [0, 0.1) is 35.5 Å². The van der Waals surface area contributed by atoms with Gasteiger partial charge < -0.3 is 10.0 Å². The molecule has 6 nitrogen and oxygen atoms in total. The SMILES string of the molecule is O=C(O)C1C2CCC(C2)C1C(=O)CCC1CCCCC1CN1CCN(c2nsc3ccccc23)CC1. The lowest BCUT2D eigenvalue weighted by Gasteiger charge is -2.40. The van der Waals surface area contributed by atoms with Crippen LogP contribution in [0.2, 0.25) is 0 Å². The van der Waals surface area contributed by atoms with E-state index in [1.807, 2.05) is 0 Å². The molecule has 4 aliphatic rings. The molecule has 7 heteroatoms. The highest BCUT2D eigenvalue weighted by Gasteiger charge is 2.53. The molecule has 6 unspecified atom stereocenters. The van der Waals surface area contributed by atoms with Gasteiger partial charge >= 0.3 is 5.97 Å². The number of rotatable bonds is 8. The van der Waals surface area contributed by atoms with Gasteiger partial charge in [0.15, 0.2) is 0 Å². The summed E-state index contributed by atoms with van der Waals surface area (Å²) >= 11 is 1.59. The van der Waals surface area contributed by atoms with Crippen molar-refractivity contribution in [2.45, 2.75) is 57.8 Å². The zero-order valence-corrected chi connectivity index (χ0v) is 22.0. The summed E-state index contributed by atoms with van der Waals surface area (Å²) in [5.41, 5.74) is 0. The number of carboxylic acid groups (broad SMARTS) is 1. The van der Waals surface area contributed by atoms with Crippen molar-refractivity contribution in [1.82, 2.24) is 9.27 Å². The molecule has 1 aliphatic heterocycles. The van der Waals surface area contributed by atoms with Crippen LogP contribution in [0.1, 0.15) is 57.8 Å². The van der Waals surface area contributed by atoms with E-state index >= 15 is 0 Å². The van der Waals surface area contributed by atoms with E-state index in [1.54, 1.807) is 11.5 Å². The Bertz CT molecular complexity index is 1090. The maximum absolute atomic E-state index is 13.2. The number of ketones is 1. The second-order valence-electron chi connectivity index (χ2n) is 11.8. The van der Waals surface area contributed by atoms with Crippen LogP contribution in [-0.4, -0.2) is 58.9 Å². The van der Waals surface area contributed by atoms with Crippen LogP contribution in [0.5, 0.6) is 0 Å². The van der Waals surface area contributed by atoms with Crippen LogP contribution in [-0.2, 0) is 9.59 Å². The third-order valence-corrected chi connectivity index (χ3v) is 10.7. The normalized spacial score (nSPS) is 32.8. The third-order valence-electron chi connectivity index (χ3n) is 9.92. The number of Topliss-reactive ketones (excluding diaryl/α,β-unsaturated/α-hetero) is 1. The van der Waals surface area contributed by atoms with Gasteiger partial charge in [-0.3, -0.25) is 14.5 Å². The molecule has 1 N–H and O–H groups in total. The van der Waals surface area contributed by atoms with Crippen molar-refractivity contribution in [2.24, 2.45) is 35.5 Å². The van der Waals surface area contributed by atoms with Gasteiger partial charge in [-0.05, 0) is 79.4 Å². The largest absolute Gasteiger partial charge is 0.481 e. The molecule has 3 aliphatic carbocycles. The Morgan fingerprint density at radius 3 is 2.44 bits per heavy atom. The molecule has 3 saturated carbocycles. The second kappa shape index (κ2) is 10.4. The summed E-state index contributed by atoms with van der Waals surface area (Å²) in [6, 6.07) is 8.52. The monoisotopic (exact) mass is 509 g/mol. The first-order chi connectivity index (χ1) is 17.6. The Hall–Kier alpha value is -1.99. The number of fused-ring (bicyclic) bond motifs is 3. The lowest BCUT2D eigenvalue weighted by molar-refractivity contribution is -0.149. The van der Waals surface area contributed by atoms with Crippen molar-refractivity contribution in [3.63, 3.8) is 0 Å². The van der Waals surface area contributed by atoms with Gasteiger partial charge in [0.05, 0.1) is 10.6 Å². The summed E-state index contributed by atoms with van der Waals surface area (Å²) < 4.78 is 6.01. The summed E-state index contributed by atoms with van der Waals surface area (Å²) in [6.07, 6.45) is 9.62. The summed E-state index contributed by atoms with van der Waals surface area (Å²) in [5.74, 6) is 1.87. The van der Waals surface area contributed by atoms with E-state index in [0.29, 0.717) is 24.2 Å². The maximum Gasteiger partial charge on any atom is 0.307 e. The van der Waals surface area contributed by atoms with Gasteiger partial charge in [-0.25, -0.2) is 0 Å². The smallest absolute Gasteiger partial charge is 0.307 e. The highest BCUT2D eigenvalue weighted by molar-refractivity contribution is 7.13. The number of carboxylic acids is 1. The molecule has 1 aromatic carbocycles. The van der Waals surface area contributed by atoms with Gasteiger partial charge in [0, 0.05) is 50.4 Å². The zero-order valence-electron chi connectivity index (χ0n) is 21.2. The molecular formula is C29H39N3O3S. The zero-order chi connectivity index (χ0) is 24.6. The fourth-order valence-electron chi connectivity index (χ4n) is 8.08. The van der Waals surface area contributed by atoms with E-state index in [4.69, 9.17) is 4.37 Å². The van der Waals surface area contributed by atoms with E-state index in [0.717, 1.165) is 64.2 Å². The van der Waals surface area contributed by atoms with Crippen molar-refractivity contribution in [1.29, 1.82) is 0 Å². The molecule has 36 heavy (non-hydrogen) atoms. The fraction of sp³-hybridized carbons (Fsp3) is 0.690. The van der Waals surface area contributed by atoms with Gasteiger partial charge in [0.25, 0.3) is 0 Å². The molecule has 1 saturated heterocycles. The van der Waals surface area contributed by atoms with E-state index < -0.39 is 11.9 Å². The quantitative estimate of drug-likeness (QED) is 0.519. The predicted octanol–water partition coefficient (Wildman–Crippen LogP) is 5.32. The summed E-state index contributed by atoms with van der Waals surface area (Å²) in [4.78, 5) is 30.2. The van der Waals surface area contributed by atoms with Crippen LogP contribution >= 0.6 is 11.5 Å². The van der Waals surface area contributed by atoms with Crippen LogP contribution in [0.3, 0.4) is 0 Å². The number of hydrogen-bond donors (Lipinski definition) is 1. The molecule has 1 aromatic heterocycles. The van der Waals surface area contributed by atoms with Crippen LogP contribution in [0.15, 0.2) is 24.3 Å². The second-order valence-corrected chi connectivity index (χ2v) is 12.6. The van der Waals surface area contributed by atoms with Crippen molar-refractivity contribution in [2.75, 3.05) is 37.6 Å². The molecule has 0 amide bonds. The van der Waals surface area contributed by atoms with Gasteiger partial charge in [-0.15, -0.1) is 0 Å². The predicted molar refractivity (Wildman–Crippen MR) is 143 cm³/mol. The van der Waals surface area contributed by atoms with E-state index in [-0.39, 0.29) is 17.6 Å². The Morgan fingerprint density at radius 2 is 1.67 bits per heavy atom. The van der Waals surface area contributed by atoms with E-state index in [9.17, 15) is 14.7 Å². The summed E-state index contributed by atoms with van der Waals surface area (Å²) in [6.45, 7) is 5.31. The molecule has 4 fully saturated rings. The molecule has 2 aromatic rings. The van der Waals surface area contributed by atoms with Crippen molar-refractivity contribution in [3.8, 4) is 0 Å². The Kier molecular flexibility index (Phi) is 7.04. The Morgan fingerprint density at radius 1 is 0.944 bits per heavy atom. The first-order valence-electron chi connectivity index (χ1n) is 14.2. The minimum atomic E-state index is -0.735. The number of piperazine rings is 1. The fourth-order valence-corrected chi connectivity index (χ4v) is 8.88. The number of carbonyl (C=O) groups is 2. The molecular weight excluding hydrogens is 470 g/mol. The minimum absolute atomic E-state index is 0.210. The number of benzene rings is 1. The van der Waals surface area contributed by atoms with Crippen molar-refractivity contribution < 1.29 is 14.7 Å². The van der Waals surface area contributed by atoms with Crippen LogP contribution in [0.25, 0.3) is 10.1 Å². The first-order valence-corrected chi connectivity index (χ1v) is 14.9. The minimum Gasteiger partial charge on any atom is -0.481 e. The number of aromatic nitrogens is 1. The number of carbonyl (C=O) groups excluding carboxylic acids is 1. The molecule has 2 bridgehead atoms. The maximum atomic E-state index is 13.2. The molecule has 6 rings (SSSR count). The van der Waals surface area contributed by atoms with Gasteiger partial charge in [0.2, 0.25) is 0 Å². The molecule has 194 valence electrons. The highest BCUT2D eigenvalue weighted by Crippen LogP contribution is 2.53. The molecule has 2 heterocycles. The lowest BCUT2D eigenvalue weighted by atomic mass is 9.73. The molecule has 0 spiro atoms. The summed E-state index contributed by atoms with van der Waals surface area (Å²) in [5, 5.41) is 11.0. The first kappa shape index (κ1) is 24.4. The lowest BCUT2D eigenvalue weighted by Crippen LogP contribution is -2.48. The standard InChI is InChI=1S/C29H39N3O3S/c33-24(26-20-9-10-21(17-20)27(26)29(34)35)12-11-19-5-1-2-6-22(19)18-31-13-15-32(16-14-31)28-23-7-3-4-8-25(23)36-30-28/h3-4,7-8,19-22,26-27H,1-2,5-6,9-18H2,(H,34,35). The number of anilines is 1. The topological polar surface area (TPSA) is 73.7 Å². The van der Waals surface area contributed by atoms with Gasteiger partial charge in [0.1, 0.15) is 11.6 Å². The van der Waals surface area contributed by atoms with Crippen LogP contribution < -0.4 is 4.90 Å². The van der Waals surface area contributed by atoms with Gasteiger partial charge in [-0.2, -0.15) is 4.37 Å². The van der Waals surface area contributed by atoms with Crippen molar-refractivity contribution >= 4 is 39.2 Å². The molecule has 0 radical (unpaired) electrons. The van der Waals surface area contributed by atoms with E-state index in [1.165, 1.54) is 35.8 Å². The number of hydrogen-bond acceptors (Lipinski definition) is 6. The highest BCUT2D eigenvalue weighted by atomic mass is 32.1. The Balaban J connectivity index is 1.02. The Labute approximate surface area is 218 Å². The van der Waals surface area contributed by atoms with Gasteiger partial charge in [-0.1, -0.05) is 31.4 Å². The average molecular weight is 510 g/mol. The third kappa shape index (κ3) is 4.69. The number of nitrogens with zero attached hydrogens (tertiary/aromatic N) is 3.